The number of hydrogen-bond acceptors (Lipinski definition) is 7. The number of aryl methyl sites for hydroxylation is 6. The first-order valence-corrected chi connectivity index (χ1v) is 21.1. The molecule has 6 aromatic rings. The van der Waals surface area contributed by atoms with Gasteiger partial charge >= 0.3 is 5.97 Å². The Morgan fingerprint density at radius 3 is 2.32 bits per heavy atom. The summed E-state index contributed by atoms with van der Waals surface area (Å²) in [5.74, 6) is 1.08. The van der Waals surface area contributed by atoms with Crippen molar-refractivity contribution in [3.05, 3.63) is 104 Å². The second-order valence-corrected chi connectivity index (χ2v) is 17.2. The van der Waals surface area contributed by atoms with Crippen LogP contribution in [0.3, 0.4) is 0 Å². The molecule has 3 aromatic heterocycles. The number of aromatic carboxylic acids is 1. The van der Waals surface area contributed by atoms with Gasteiger partial charge in [-0.05, 0) is 140 Å². The predicted octanol–water partition coefficient (Wildman–Crippen LogP) is 9.25. The van der Waals surface area contributed by atoms with Gasteiger partial charge in [-0.25, -0.2) is 14.8 Å². The van der Waals surface area contributed by atoms with Crippen molar-refractivity contribution in [2.24, 2.45) is 7.05 Å². The van der Waals surface area contributed by atoms with Gasteiger partial charge in [0.25, 0.3) is 5.91 Å². The number of benzene rings is 3. The molecule has 2 aliphatic heterocycles. The summed E-state index contributed by atoms with van der Waals surface area (Å²) in [4.78, 5) is 41.2. The number of anilines is 1. The minimum Gasteiger partial charge on any atom is -0.494 e. The molecule has 5 heterocycles. The summed E-state index contributed by atoms with van der Waals surface area (Å²) in [5.41, 5.74) is 8.74. The van der Waals surface area contributed by atoms with Gasteiger partial charge in [-0.15, -0.1) is 0 Å². The first-order valence-electron chi connectivity index (χ1n) is 20.4. The maximum absolute atomic E-state index is 15.1. The molecule has 13 heteroatoms. The zero-order chi connectivity index (χ0) is 41.9. The third-order valence-corrected chi connectivity index (χ3v) is 13.1. The van der Waals surface area contributed by atoms with Gasteiger partial charge in [-0.1, -0.05) is 29.3 Å². The van der Waals surface area contributed by atoms with Crippen LogP contribution >= 0.6 is 23.2 Å². The second kappa shape index (κ2) is 16.3. The van der Waals surface area contributed by atoms with Crippen LogP contribution in [0.15, 0.2) is 48.5 Å². The molecule has 8 rings (SSSR count). The van der Waals surface area contributed by atoms with Crippen molar-refractivity contribution < 1.29 is 19.4 Å². The van der Waals surface area contributed by atoms with Gasteiger partial charge in [0.2, 0.25) is 0 Å². The number of carbonyl (C=O) groups is 2. The Balaban J connectivity index is 1.21. The summed E-state index contributed by atoms with van der Waals surface area (Å²) in [6.45, 7) is 13.7. The quantitative estimate of drug-likeness (QED) is 0.124. The number of likely N-dealkylation sites (tertiary alicyclic amines) is 1. The number of rotatable bonds is 11. The van der Waals surface area contributed by atoms with Crippen molar-refractivity contribution in [1.29, 1.82) is 0 Å². The number of nitrogens with one attached hydrogen (secondary N) is 1. The van der Waals surface area contributed by atoms with E-state index in [-0.39, 0.29) is 17.5 Å². The van der Waals surface area contributed by atoms with Crippen molar-refractivity contribution in [2.45, 2.75) is 78.9 Å². The molecule has 0 saturated carbocycles. The Morgan fingerprint density at radius 1 is 0.949 bits per heavy atom. The highest BCUT2D eigenvalue weighted by Crippen LogP contribution is 2.45. The normalized spacial score (nSPS) is 16.4. The van der Waals surface area contributed by atoms with Crippen LogP contribution in [0.1, 0.15) is 87.0 Å². The molecule has 0 unspecified atom stereocenters. The Kier molecular flexibility index (Phi) is 11.2. The highest BCUT2D eigenvalue weighted by atomic mass is 35.5. The van der Waals surface area contributed by atoms with Crippen molar-refractivity contribution >= 4 is 62.7 Å². The third-order valence-electron chi connectivity index (χ3n) is 12.2. The van der Waals surface area contributed by atoms with E-state index in [1.807, 2.05) is 74.5 Å². The Hall–Kier alpha value is -4.94. The first-order chi connectivity index (χ1) is 28.2. The van der Waals surface area contributed by atoms with Crippen LogP contribution in [0.4, 0.5) is 5.82 Å². The van der Waals surface area contributed by atoms with Crippen LogP contribution in [0.2, 0.25) is 10.0 Å². The number of amides is 1. The summed E-state index contributed by atoms with van der Waals surface area (Å²) in [6, 6.07) is 15.1. The topological polar surface area (TPSA) is 118 Å². The average Bonchev–Trinajstić information content (AvgIpc) is 3.71. The molecule has 3 aromatic carbocycles. The molecular weight excluding hydrogens is 785 g/mol. The fraction of sp³-hybridized carbons (Fsp3) is 0.391. The van der Waals surface area contributed by atoms with Gasteiger partial charge < -0.3 is 29.2 Å². The number of fused-ring (bicyclic) bond motifs is 4. The number of halogens is 2. The van der Waals surface area contributed by atoms with Crippen molar-refractivity contribution in [3.8, 4) is 16.9 Å². The van der Waals surface area contributed by atoms with Gasteiger partial charge in [0.15, 0.2) is 0 Å². The molecule has 2 aliphatic rings. The molecule has 59 heavy (non-hydrogen) atoms. The average molecular weight is 837 g/mol. The largest absolute Gasteiger partial charge is 0.494 e. The Bertz CT molecular complexity index is 2600. The molecule has 1 saturated heterocycles. The summed E-state index contributed by atoms with van der Waals surface area (Å²) in [6.07, 6.45) is 3.42. The lowest BCUT2D eigenvalue weighted by Crippen LogP contribution is -2.43. The van der Waals surface area contributed by atoms with E-state index in [1.165, 1.54) is 0 Å². The summed E-state index contributed by atoms with van der Waals surface area (Å²) >= 11 is 13.7. The summed E-state index contributed by atoms with van der Waals surface area (Å²) in [5, 5.41) is 16.4. The number of piperidine rings is 1. The van der Waals surface area contributed by atoms with Crippen LogP contribution in [-0.2, 0) is 20.0 Å². The molecule has 1 atom stereocenters. The molecule has 0 spiro atoms. The van der Waals surface area contributed by atoms with E-state index < -0.39 is 5.97 Å². The fourth-order valence-electron chi connectivity index (χ4n) is 9.19. The number of hydrogen-bond donors (Lipinski definition) is 2. The predicted molar refractivity (Wildman–Crippen MR) is 236 cm³/mol. The lowest BCUT2D eigenvalue weighted by Gasteiger charge is -2.34. The lowest BCUT2D eigenvalue weighted by molar-refractivity contribution is 0.0696. The Labute approximate surface area is 354 Å². The SMILES string of the molecule is Cc1cc(OCCCc2c3n(c4c(-c5c(C)nc(CNC6CCN(C)CC6)nc5C)c(Cl)ccc24)[C@H](C)CN(c2cc4cc(C(=O)O)ccc4n2C)C3=O)cc(C)c1Cl. The standard InChI is InChI=1S/C46H51Cl2N7O4/c1-25-19-33(20-26(2)42(25)48)59-18-8-9-34-35-11-12-36(47)41(40-28(4)50-38(51-29(40)5)23-49-32-14-16-52(6)17-15-32)43(35)55-27(3)24-54(45(56)44(34)55)39-22-31-21-30(46(57)58)10-13-37(31)53(39)7/h10-13,19-22,27,32,49H,8-9,14-18,23-24H2,1-7H3,(H,57,58)/t27-/m1/s1. The number of carboxylic acids is 1. The third kappa shape index (κ3) is 7.58. The van der Waals surface area contributed by atoms with E-state index in [1.54, 1.807) is 18.2 Å². The van der Waals surface area contributed by atoms with Crippen LogP contribution in [0, 0.1) is 27.7 Å². The molecule has 0 bridgehead atoms. The number of ether oxygens (including phenoxy) is 1. The molecule has 308 valence electrons. The molecule has 1 amide bonds. The van der Waals surface area contributed by atoms with Gasteiger partial charge in [0.1, 0.15) is 23.1 Å². The highest BCUT2D eigenvalue weighted by Gasteiger charge is 2.37. The maximum atomic E-state index is 15.1. The molecular formula is C46H51Cl2N7O4. The van der Waals surface area contributed by atoms with Gasteiger partial charge in [0.05, 0.1) is 29.3 Å². The molecule has 1 fully saturated rings. The van der Waals surface area contributed by atoms with E-state index >= 15 is 4.79 Å². The second-order valence-electron chi connectivity index (χ2n) is 16.4. The first kappa shape index (κ1) is 40.8. The number of nitrogens with zero attached hydrogens (tertiary/aromatic N) is 6. The number of carbonyl (C=O) groups excluding carboxylic acids is 1. The van der Waals surface area contributed by atoms with Crippen molar-refractivity contribution in [2.75, 3.05) is 38.2 Å². The van der Waals surface area contributed by atoms with Crippen LogP contribution < -0.4 is 15.0 Å². The van der Waals surface area contributed by atoms with E-state index in [0.717, 1.165) is 104 Å². The van der Waals surface area contributed by atoms with Gasteiger partial charge in [-0.3, -0.25) is 9.69 Å². The van der Waals surface area contributed by atoms with Crippen LogP contribution in [0.5, 0.6) is 5.75 Å². The number of carboxylic acid groups (broad SMARTS) is 1. The monoisotopic (exact) mass is 835 g/mol. The molecule has 0 radical (unpaired) electrons. The van der Waals surface area contributed by atoms with E-state index in [4.69, 9.17) is 37.9 Å². The van der Waals surface area contributed by atoms with Crippen molar-refractivity contribution in [3.63, 3.8) is 0 Å². The Morgan fingerprint density at radius 2 is 1.64 bits per heavy atom. The van der Waals surface area contributed by atoms with Crippen LogP contribution in [-0.4, -0.2) is 80.3 Å². The van der Waals surface area contributed by atoms with Crippen LogP contribution in [0.25, 0.3) is 32.9 Å². The highest BCUT2D eigenvalue weighted by molar-refractivity contribution is 6.35. The minimum atomic E-state index is -0.997. The van der Waals surface area contributed by atoms with Gasteiger partial charge in [-0.2, -0.15) is 0 Å². The van der Waals surface area contributed by atoms with Crippen molar-refractivity contribution in [1.82, 2.24) is 29.3 Å². The molecule has 11 nitrogen and oxygen atoms in total. The fourth-order valence-corrected chi connectivity index (χ4v) is 9.55. The number of aromatic nitrogens is 4. The lowest BCUT2D eigenvalue weighted by atomic mass is 9.97. The molecule has 2 N–H and O–H groups in total. The van der Waals surface area contributed by atoms with Gasteiger partial charge in [0, 0.05) is 69.5 Å². The maximum Gasteiger partial charge on any atom is 0.335 e. The summed E-state index contributed by atoms with van der Waals surface area (Å²) < 4.78 is 10.4. The van der Waals surface area contributed by atoms with E-state index in [2.05, 4.69) is 28.8 Å². The summed E-state index contributed by atoms with van der Waals surface area (Å²) in [7, 11) is 4.08. The smallest absolute Gasteiger partial charge is 0.335 e. The van der Waals surface area contributed by atoms with E-state index in [9.17, 15) is 9.90 Å². The molecule has 0 aliphatic carbocycles. The van der Waals surface area contributed by atoms with E-state index in [0.29, 0.717) is 55.1 Å². The minimum absolute atomic E-state index is 0.134. The zero-order valence-corrected chi connectivity index (χ0v) is 36.3. The zero-order valence-electron chi connectivity index (χ0n) is 34.7.